The number of carboxylic acids is 1. The molecule has 2 rings (SSSR count). The Labute approximate surface area is 122 Å². The van der Waals surface area contributed by atoms with Gasteiger partial charge in [0.2, 0.25) is 0 Å². The van der Waals surface area contributed by atoms with Crippen LogP contribution in [-0.2, 0) is 0 Å². The summed E-state index contributed by atoms with van der Waals surface area (Å²) in [4.78, 5) is 22.6. The summed E-state index contributed by atoms with van der Waals surface area (Å²) >= 11 is 0. The Morgan fingerprint density at radius 1 is 1.38 bits per heavy atom. The second kappa shape index (κ2) is 6.56. The average molecular weight is 294 g/mol. The van der Waals surface area contributed by atoms with Crippen LogP contribution < -0.4 is 10.6 Å². The van der Waals surface area contributed by atoms with Crippen molar-refractivity contribution < 1.29 is 19.1 Å². The maximum atomic E-state index is 13.6. The van der Waals surface area contributed by atoms with E-state index in [2.05, 4.69) is 17.6 Å². The van der Waals surface area contributed by atoms with E-state index in [4.69, 9.17) is 5.11 Å². The molecule has 1 aliphatic rings. The number of carbonyl (C=O) groups is 2. The van der Waals surface area contributed by atoms with E-state index in [9.17, 15) is 14.0 Å². The lowest BCUT2D eigenvalue weighted by Crippen LogP contribution is -2.34. The van der Waals surface area contributed by atoms with Crippen molar-refractivity contribution in [1.29, 1.82) is 0 Å². The molecule has 0 aliphatic heterocycles. The number of aromatic carboxylic acids is 1. The summed E-state index contributed by atoms with van der Waals surface area (Å²) in [7, 11) is 0. The van der Waals surface area contributed by atoms with Gasteiger partial charge in [0, 0.05) is 6.54 Å². The normalized spacial score (nSPS) is 21.0. The van der Waals surface area contributed by atoms with Crippen LogP contribution in [0.2, 0.25) is 0 Å². The Kier molecular flexibility index (Phi) is 4.77. The smallest absolute Gasteiger partial charge is 0.335 e. The van der Waals surface area contributed by atoms with E-state index in [0.29, 0.717) is 18.4 Å². The topological polar surface area (TPSA) is 78.4 Å². The molecule has 0 saturated heterocycles. The van der Waals surface area contributed by atoms with Crippen molar-refractivity contribution in [2.75, 3.05) is 11.9 Å². The Balaban J connectivity index is 1.93. The molecular weight excluding hydrogens is 275 g/mol. The monoisotopic (exact) mass is 294 g/mol. The van der Waals surface area contributed by atoms with Gasteiger partial charge in [-0.05, 0) is 36.5 Å². The average Bonchev–Trinajstić information content (AvgIpc) is 2.84. The van der Waals surface area contributed by atoms with Gasteiger partial charge in [-0.2, -0.15) is 0 Å². The fraction of sp³-hybridized carbons (Fsp3) is 0.467. The molecule has 2 amide bonds. The Morgan fingerprint density at radius 2 is 2.14 bits per heavy atom. The number of benzene rings is 1. The van der Waals surface area contributed by atoms with Gasteiger partial charge in [-0.1, -0.05) is 19.8 Å². The van der Waals surface area contributed by atoms with Crippen LogP contribution in [0.5, 0.6) is 0 Å². The molecule has 6 heteroatoms. The standard InChI is InChI=1S/C15H19FN2O3/c1-9-3-2-4-11(9)8-17-15(21)18-13-7-10(14(19)20)5-6-12(13)16/h5-7,9,11H,2-4,8H2,1H3,(H,19,20)(H2,17,18,21). The predicted octanol–water partition coefficient (Wildman–Crippen LogP) is 3.08. The number of hydrogen-bond acceptors (Lipinski definition) is 2. The minimum atomic E-state index is -1.17. The molecule has 1 aromatic carbocycles. The summed E-state index contributed by atoms with van der Waals surface area (Å²) in [6, 6.07) is 2.77. The van der Waals surface area contributed by atoms with Gasteiger partial charge in [0.1, 0.15) is 5.82 Å². The second-order valence-electron chi connectivity index (χ2n) is 5.50. The van der Waals surface area contributed by atoms with Crippen LogP contribution in [0.15, 0.2) is 18.2 Å². The minimum Gasteiger partial charge on any atom is -0.478 e. The Morgan fingerprint density at radius 3 is 2.76 bits per heavy atom. The summed E-state index contributed by atoms with van der Waals surface area (Å²) in [5, 5.41) is 13.9. The zero-order valence-electron chi connectivity index (χ0n) is 11.9. The van der Waals surface area contributed by atoms with Gasteiger partial charge in [0.15, 0.2) is 0 Å². The number of amides is 2. The summed E-state index contributed by atoms with van der Waals surface area (Å²) in [6.07, 6.45) is 3.43. The van der Waals surface area contributed by atoms with Gasteiger partial charge in [0.05, 0.1) is 11.3 Å². The molecule has 5 nitrogen and oxygen atoms in total. The van der Waals surface area contributed by atoms with Gasteiger partial charge in [-0.25, -0.2) is 14.0 Å². The molecule has 114 valence electrons. The molecule has 2 unspecified atom stereocenters. The SMILES string of the molecule is CC1CCCC1CNC(=O)Nc1cc(C(=O)O)ccc1F. The van der Waals surface area contributed by atoms with Gasteiger partial charge < -0.3 is 15.7 Å². The van der Waals surface area contributed by atoms with Crippen LogP contribution in [-0.4, -0.2) is 23.7 Å². The molecule has 1 fully saturated rings. The molecule has 0 spiro atoms. The predicted molar refractivity (Wildman–Crippen MR) is 76.9 cm³/mol. The van der Waals surface area contributed by atoms with E-state index < -0.39 is 17.8 Å². The third-order valence-electron chi connectivity index (χ3n) is 4.03. The quantitative estimate of drug-likeness (QED) is 0.798. The van der Waals surface area contributed by atoms with Crippen LogP contribution in [0.1, 0.15) is 36.5 Å². The van der Waals surface area contributed by atoms with E-state index in [1.807, 2.05) is 0 Å². The van der Waals surface area contributed by atoms with Crippen molar-refractivity contribution in [3.8, 4) is 0 Å². The zero-order valence-corrected chi connectivity index (χ0v) is 11.9. The van der Waals surface area contributed by atoms with Crippen LogP contribution in [0.4, 0.5) is 14.9 Å². The first kappa shape index (κ1) is 15.3. The molecule has 1 aromatic rings. The number of hydrogen-bond donors (Lipinski definition) is 3. The summed E-state index contributed by atoms with van der Waals surface area (Å²) in [5.41, 5.74) is -0.206. The highest BCUT2D eigenvalue weighted by Crippen LogP contribution is 2.30. The third-order valence-corrected chi connectivity index (χ3v) is 4.03. The zero-order chi connectivity index (χ0) is 15.4. The molecule has 2 atom stereocenters. The second-order valence-corrected chi connectivity index (χ2v) is 5.50. The Bertz CT molecular complexity index is 548. The maximum Gasteiger partial charge on any atom is 0.335 e. The number of halogens is 1. The lowest BCUT2D eigenvalue weighted by atomic mass is 9.98. The van der Waals surface area contributed by atoms with Crippen molar-refractivity contribution >= 4 is 17.7 Å². The fourth-order valence-corrected chi connectivity index (χ4v) is 2.67. The largest absolute Gasteiger partial charge is 0.478 e. The number of anilines is 1. The lowest BCUT2D eigenvalue weighted by Gasteiger charge is -2.16. The number of rotatable bonds is 4. The molecular formula is C15H19FN2O3. The molecule has 0 aromatic heterocycles. The highest BCUT2D eigenvalue weighted by Gasteiger charge is 2.23. The van der Waals surface area contributed by atoms with Gasteiger partial charge in [-0.3, -0.25) is 0 Å². The number of carbonyl (C=O) groups excluding carboxylic acids is 1. The van der Waals surface area contributed by atoms with Crippen molar-refractivity contribution in [2.24, 2.45) is 11.8 Å². The summed E-state index contributed by atoms with van der Waals surface area (Å²) in [5.74, 6) is -0.800. The van der Waals surface area contributed by atoms with E-state index in [1.165, 1.54) is 12.8 Å². The first-order valence-electron chi connectivity index (χ1n) is 7.05. The van der Waals surface area contributed by atoms with Crippen molar-refractivity contribution in [3.63, 3.8) is 0 Å². The van der Waals surface area contributed by atoms with Crippen LogP contribution in [0.3, 0.4) is 0 Å². The van der Waals surface area contributed by atoms with E-state index >= 15 is 0 Å². The molecule has 1 saturated carbocycles. The first-order chi connectivity index (χ1) is 9.97. The van der Waals surface area contributed by atoms with Crippen LogP contribution in [0, 0.1) is 17.7 Å². The van der Waals surface area contributed by atoms with E-state index in [0.717, 1.165) is 24.6 Å². The molecule has 0 radical (unpaired) electrons. The van der Waals surface area contributed by atoms with Crippen molar-refractivity contribution in [2.45, 2.75) is 26.2 Å². The van der Waals surface area contributed by atoms with Crippen molar-refractivity contribution in [3.05, 3.63) is 29.6 Å². The number of nitrogens with one attached hydrogen (secondary N) is 2. The Hall–Kier alpha value is -2.11. The summed E-state index contributed by atoms with van der Waals surface area (Å²) in [6.45, 7) is 2.71. The summed E-state index contributed by atoms with van der Waals surface area (Å²) < 4.78 is 13.6. The molecule has 3 N–H and O–H groups in total. The lowest BCUT2D eigenvalue weighted by molar-refractivity contribution is 0.0697. The van der Waals surface area contributed by atoms with Gasteiger partial charge in [0.25, 0.3) is 0 Å². The minimum absolute atomic E-state index is 0.0730. The maximum absolute atomic E-state index is 13.6. The molecule has 0 bridgehead atoms. The molecule has 1 aliphatic carbocycles. The number of urea groups is 1. The third kappa shape index (κ3) is 3.93. The highest BCUT2D eigenvalue weighted by molar-refractivity contribution is 5.93. The van der Waals surface area contributed by atoms with Crippen LogP contribution in [0.25, 0.3) is 0 Å². The fourth-order valence-electron chi connectivity index (χ4n) is 2.67. The van der Waals surface area contributed by atoms with E-state index in [1.54, 1.807) is 0 Å². The first-order valence-corrected chi connectivity index (χ1v) is 7.05. The van der Waals surface area contributed by atoms with Gasteiger partial charge >= 0.3 is 12.0 Å². The number of carboxylic acid groups (broad SMARTS) is 1. The van der Waals surface area contributed by atoms with Gasteiger partial charge in [-0.15, -0.1) is 0 Å². The highest BCUT2D eigenvalue weighted by atomic mass is 19.1. The van der Waals surface area contributed by atoms with E-state index in [-0.39, 0.29) is 11.3 Å². The van der Waals surface area contributed by atoms with Crippen molar-refractivity contribution in [1.82, 2.24) is 5.32 Å². The molecule has 0 heterocycles. The van der Waals surface area contributed by atoms with Crippen LogP contribution >= 0.6 is 0 Å². The molecule has 21 heavy (non-hydrogen) atoms.